The Morgan fingerprint density at radius 1 is 1.18 bits per heavy atom. The molecule has 1 aromatic rings. The highest BCUT2D eigenvalue weighted by Crippen LogP contribution is 2.11. The number of nitro groups is 1. The Bertz CT molecular complexity index is 513. The molecule has 0 fully saturated rings. The predicted octanol–water partition coefficient (Wildman–Crippen LogP) is 2.45. The standard InChI is InChI=1S/C15H20N2O5/c1-2-22-14(18)6-4-3-5-11-16-15(19)12-7-9-13(10-8-12)17(20)21/h7-10H,2-6,11H2,1H3,(H,16,19). The number of nitrogens with one attached hydrogen (secondary N) is 1. The summed E-state index contributed by atoms with van der Waals surface area (Å²) in [6, 6.07) is 5.45. The Morgan fingerprint density at radius 2 is 1.86 bits per heavy atom. The molecule has 0 bridgehead atoms. The molecule has 0 saturated heterocycles. The van der Waals surface area contributed by atoms with Crippen molar-refractivity contribution in [1.82, 2.24) is 5.32 Å². The average Bonchev–Trinajstić information content (AvgIpc) is 2.50. The number of rotatable bonds is 9. The van der Waals surface area contributed by atoms with E-state index in [0.717, 1.165) is 19.3 Å². The highest BCUT2D eigenvalue weighted by atomic mass is 16.6. The smallest absolute Gasteiger partial charge is 0.305 e. The van der Waals surface area contributed by atoms with Gasteiger partial charge in [0.15, 0.2) is 0 Å². The highest BCUT2D eigenvalue weighted by Gasteiger charge is 2.08. The number of carbonyl (C=O) groups excluding carboxylic acids is 2. The van der Waals surface area contributed by atoms with E-state index in [9.17, 15) is 19.7 Å². The van der Waals surface area contributed by atoms with Gasteiger partial charge in [0.05, 0.1) is 11.5 Å². The normalized spacial score (nSPS) is 10.0. The van der Waals surface area contributed by atoms with Crippen LogP contribution >= 0.6 is 0 Å². The summed E-state index contributed by atoms with van der Waals surface area (Å²) in [7, 11) is 0. The van der Waals surface area contributed by atoms with Crippen LogP contribution in [0.15, 0.2) is 24.3 Å². The molecule has 0 aromatic heterocycles. The van der Waals surface area contributed by atoms with Crippen molar-refractivity contribution in [2.24, 2.45) is 0 Å². The lowest BCUT2D eigenvalue weighted by atomic mass is 10.1. The van der Waals surface area contributed by atoms with E-state index in [1.54, 1.807) is 6.92 Å². The molecule has 0 atom stereocenters. The Balaban J connectivity index is 2.20. The van der Waals surface area contributed by atoms with Crippen molar-refractivity contribution in [2.75, 3.05) is 13.2 Å². The summed E-state index contributed by atoms with van der Waals surface area (Å²) in [4.78, 5) is 32.9. The summed E-state index contributed by atoms with van der Waals surface area (Å²) in [6.07, 6.45) is 2.70. The van der Waals surface area contributed by atoms with Gasteiger partial charge in [-0.05, 0) is 31.9 Å². The number of hydrogen-bond donors (Lipinski definition) is 1. The van der Waals surface area contributed by atoms with Crippen LogP contribution in [0.5, 0.6) is 0 Å². The summed E-state index contributed by atoms with van der Waals surface area (Å²) in [5, 5.41) is 13.3. The van der Waals surface area contributed by atoms with Gasteiger partial charge < -0.3 is 10.1 Å². The van der Waals surface area contributed by atoms with Gasteiger partial charge in [0, 0.05) is 30.7 Å². The lowest BCUT2D eigenvalue weighted by molar-refractivity contribution is -0.384. The molecule has 1 N–H and O–H groups in total. The molecular formula is C15H20N2O5. The quantitative estimate of drug-likeness (QED) is 0.327. The number of hydrogen-bond acceptors (Lipinski definition) is 5. The molecule has 1 amide bonds. The maximum Gasteiger partial charge on any atom is 0.305 e. The minimum absolute atomic E-state index is 0.0458. The van der Waals surface area contributed by atoms with E-state index in [0.29, 0.717) is 25.1 Å². The Labute approximate surface area is 128 Å². The summed E-state index contributed by atoms with van der Waals surface area (Å²) >= 11 is 0. The molecule has 7 nitrogen and oxygen atoms in total. The first-order valence-corrected chi connectivity index (χ1v) is 7.23. The lowest BCUT2D eigenvalue weighted by Gasteiger charge is -2.05. The van der Waals surface area contributed by atoms with Crippen molar-refractivity contribution in [3.05, 3.63) is 39.9 Å². The third kappa shape index (κ3) is 6.34. The van der Waals surface area contributed by atoms with E-state index in [2.05, 4.69) is 5.32 Å². The van der Waals surface area contributed by atoms with Crippen LogP contribution in [-0.2, 0) is 9.53 Å². The fourth-order valence-corrected chi connectivity index (χ4v) is 1.84. The molecule has 0 aliphatic rings. The first-order chi connectivity index (χ1) is 10.5. The first-order valence-electron chi connectivity index (χ1n) is 7.23. The van der Waals surface area contributed by atoms with Crippen LogP contribution in [0.3, 0.4) is 0 Å². The molecule has 0 unspecified atom stereocenters. The number of nitrogens with zero attached hydrogens (tertiary/aromatic N) is 1. The van der Waals surface area contributed by atoms with Crippen LogP contribution in [0.25, 0.3) is 0 Å². The second kappa shape index (κ2) is 9.49. The van der Waals surface area contributed by atoms with Crippen molar-refractivity contribution in [3.63, 3.8) is 0 Å². The maximum atomic E-state index is 11.8. The molecule has 0 radical (unpaired) electrons. The fourth-order valence-electron chi connectivity index (χ4n) is 1.84. The van der Waals surface area contributed by atoms with E-state index in [4.69, 9.17) is 4.74 Å². The molecular weight excluding hydrogens is 288 g/mol. The largest absolute Gasteiger partial charge is 0.466 e. The Hall–Kier alpha value is -2.44. The molecule has 7 heteroatoms. The van der Waals surface area contributed by atoms with Crippen molar-refractivity contribution < 1.29 is 19.2 Å². The molecule has 120 valence electrons. The average molecular weight is 308 g/mol. The van der Waals surface area contributed by atoms with Crippen molar-refractivity contribution in [3.8, 4) is 0 Å². The topological polar surface area (TPSA) is 98.5 Å². The second-order valence-corrected chi connectivity index (χ2v) is 4.68. The van der Waals surface area contributed by atoms with Crippen molar-refractivity contribution >= 4 is 17.6 Å². The van der Waals surface area contributed by atoms with Gasteiger partial charge in [-0.3, -0.25) is 19.7 Å². The summed E-state index contributed by atoms with van der Waals surface area (Å²) in [5.74, 6) is -0.460. The van der Waals surface area contributed by atoms with E-state index in [1.165, 1.54) is 24.3 Å². The van der Waals surface area contributed by atoms with Crippen LogP contribution in [0.4, 0.5) is 5.69 Å². The number of amides is 1. The summed E-state index contributed by atoms with van der Waals surface area (Å²) in [5.41, 5.74) is 0.340. The number of carbonyl (C=O) groups is 2. The number of unbranched alkanes of at least 4 members (excludes halogenated alkanes) is 2. The van der Waals surface area contributed by atoms with Gasteiger partial charge in [-0.25, -0.2) is 0 Å². The van der Waals surface area contributed by atoms with Gasteiger partial charge in [0.2, 0.25) is 0 Å². The zero-order valence-corrected chi connectivity index (χ0v) is 12.5. The summed E-state index contributed by atoms with van der Waals surface area (Å²) in [6.45, 7) is 2.66. The zero-order chi connectivity index (χ0) is 16.4. The first kappa shape index (κ1) is 17.6. The number of benzene rings is 1. The number of nitro benzene ring substituents is 1. The molecule has 0 aliphatic carbocycles. The lowest BCUT2D eigenvalue weighted by Crippen LogP contribution is -2.24. The fraction of sp³-hybridized carbons (Fsp3) is 0.467. The minimum Gasteiger partial charge on any atom is -0.466 e. The third-order valence-corrected chi connectivity index (χ3v) is 2.99. The third-order valence-electron chi connectivity index (χ3n) is 2.99. The molecule has 0 spiro atoms. The van der Waals surface area contributed by atoms with Crippen molar-refractivity contribution in [1.29, 1.82) is 0 Å². The zero-order valence-electron chi connectivity index (χ0n) is 12.5. The van der Waals surface area contributed by atoms with Gasteiger partial charge in [-0.2, -0.15) is 0 Å². The number of esters is 1. The van der Waals surface area contributed by atoms with Crippen LogP contribution in [0.1, 0.15) is 43.0 Å². The van der Waals surface area contributed by atoms with Crippen LogP contribution in [-0.4, -0.2) is 30.0 Å². The SMILES string of the molecule is CCOC(=O)CCCCCNC(=O)c1ccc([N+](=O)[O-])cc1. The minimum atomic E-state index is -0.509. The summed E-state index contributed by atoms with van der Waals surface area (Å²) < 4.78 is 4.81. The predicted molar refractivity (Wildman–Crippen MR) is 80.5 cm³/mol. The Morgan fingerprint density at radius 3 is 2.45 bits per heavy atom. The van der Waals surface area contributed by atoms with Gasteiger partial charge in [0.1, 0.15) is 0 Å². The van der Waals surface area contributed by atoms with Gasteiger partial charge in [-0.15, -0.1) is 0 Å². The monoisotopic (exact) mass is 308 g/mol. The van der Waals surface area contributed by atoms with Gasteiger partial charge >= 0.3 is 5.97 Å². The van der Waals surface area contributed by atoms with E-state index >= 15 is 0 Å². The van der Waals surface area contributed by atoms with Crippen LogP contribution in [0, 0.1) is 10.1 Å². The molecule has 1 aromatic carbocycles. The maximum absolute atomic E-state index is 11.8. The van der Waals surface area contributed by atoms with Gasteiger partial charge in [0.25, 0.3) is 11.6 Å². The number of ether oxygens (including phenoxy) is 1. The molecule has 0 heterocycles. The van der Waals surface area contributed by atoms with Crippen LogP contribution in [0.2, 0.25) is 0 Å². The van der Waals surface area contributed by atoms with Gasteiger partial charge in [-0.1, -0.05) is 6.42 Å². The molecule has 22 heavy (non-hydrogen) atoms. The Kier molecular flexibility index (Phi) is 7.60. The molecule has 0 saturated carbocycles. The molecule has 1 rings (SSSR count). The van der Waals surface area contributed by atoms with E-state index in [1.807, 2.05) is 0 Å². The highest BCUT2D eigenvalue weighted by molar-refractivity contribution is 5.94. The van der Waals surface area contributed by atoms with Crippen LogP contribution < -0.4 is 5.32 Å². The molecule has 0 aliphatic heterocycles. The van der Waals surface area contributed by atoms with E-state index in [-0.39, 0.29) is 17.6 Å². The van der Waals surface area contributed by atoms with Crippen molar-refractivity contribution in [2.45, 2.75) is 32.6 Å². The van der Waals surface area contributed by atoms with E-state index < -0.39 is 4.92 Å². The number of non-ortho nitro benzene ring substituents is 1. The second-order valence-electron chi connectivity index (χ2n) is 4.68.